The van der Waals surface area contributed by atoms with Crippen molar-refractivity contribution >= 4 is 34.2 Å². The molecule has 2 aromatic heterocycles. The summed E-state index contributed by atoms with van der Waals surface area (Å²) in [7, 11) is 0. The first-order valence-electron chi connectivity index (χ1n) is 10.1. The van der Waals surface area contributed by atoms with E-state index in [-0.39, 0.29) is 11.8 Å². The van der Waals surface area contributed by atoms with Crippen molar-refractivity contribution in [1.82, 2.24) is 15.0 Å². The minimum absolute atomic E-state index is 0.0461. The summed E-state index contributed by atoms with van der Waals surface area (Å²) in [5.41, 5.74) is 1.71. The summed E-state index contributed by atoms with van der Waals surface area (Å²) in [6.07, 6.45) is 5.58. The normalized spacial score (nSPS) is 17.2. The summed E-state index contributed by atoms with van der Waals surface area (Å²) in [6, 6.07) is 2.09. The second-order valence-electron chi connectivity index (χ2n) is 7.48. The Bertz CT molecular complexity index is 903. The maximum atomic E-state index is 12.7. The van der Waals surface area contributed by atoms with Crippen LogP contribution in [-0.4, -0.2) is 46.5 Å². The van der Waals surface area contributed by atoms with Crippen molar-refractivity contribution in [3.05, 3.63) is 28.7 Å². The number of thiazole rings is 1. The Morgan fingerprint density at radius 3 is 2.69 bits per heavy atom. The molecular weight excluding hydrogens is 390 g/mol. The van der Waals surface area contributed by atoms with Crippen molar-refractivity contribution in [3.8, 4) is 0 Å². The molecule has 0 aromatic carbocycles. The Labute approximate surface area is 173 Å². The molecule has 9 heteroatoms. The van der Waals surface area contributed by atoms with Crippen LogP contribution >= 0.6 is 11.3 Å². The average Bonchev–Trinajstić information content (AvgIpc) is 3.51. The first-order chi connectivity index (χ1) is 14.0. The summed E-state index contributed by atoms with van der Waals surface area (Å²) in [5.74, 6) is 1.03. The van der Waals surface area contributed by atoms with E-state index in [0.717, 1.165) is 48.8 Å². The molecule has 0 radical (unpaired) electrons. The Kier molecular flexibility index (Phi) is 5.75. The third-order valence-electron chi connectivity index (χ3n) is 5.35. The molecule has 8 nitrogen and oxygen atoms in total. The molecule has 1 aliphatic heterocycles. The highest BCUT2D eigenvalue weighted by molar-refractivity contribution is 7.17. The number of aromatic nitrogens is 3. The van der Waals surface area contributed by atoms with Crippen LogP contribution in [0.3, 0.4) is 0 Å². The zero-order valence-corrected chi connectivity index (χ0v) is 17.5. The lowest BCUT2D eigenvalue weighted by atomic mass is 9.96. The standard InChI is InChI=1S/C20H25N5O3S/c1-3-28-19(27)17-12(2)23-20(29-17)24-18(26)14-6-8-25(9-7-14)16-10-15(13-4-5-13)21-11-22-16/h10-11,13-14H,3-9H2,1-2H3,(H,23,24,26). The minimum atomic E-state index is -0.397. The lowest BCUT2D eigenvalue weighted by Gasteiger charge is -2.32. The molecule has 2 aliphatic rings. The lowest BCUT2D eigenvalue weighted by molar-refractivity contribution is -0.120. The van der Waals surface area contributed by atoms with Crippen LogP contribution in [-0.2, 0) is 9.53 Å². The molecule has 1 saturated carbocycles. The fraction of sp³-hybridized carbons (Fsp3) is 0.550. The second-order valence-corrected chi connectivity index (χ2v) is 8.48. The van der Waals surface area contributed by atoms with E-state index in [0.29, 0.717) is 28.2 Å². The molecule has 1 aliphatic carbocycles. The molecule has 0 bridgehead atoms. The zero-order valence-electron chi connectivity index (χ0n) is 16.7. The van der Waals surface area contributed by atoms with Crippen LogP contribution < -0.4 is 10.2 Å². The van der Waals surface area contributed by atoms with Crippen molar-refractivity contribution in [3.63, 3.8) is 0 Å². The molecule has 0 atom stereocenters. The van der Waals surface area contributed by atoms with Crippen LogP contribution in [0.5, 0.6) is 0 Å². The SMILES string of the molecule is CCOC(=O)c1sc(NC(=O)C2CCN(c3cc(C4CC4)ncn3)CC2)nc1C. The largest absolute Gasteiger partial charge is 0.462 e. The van der Waals surface area contributed by atoms with Gasteiger partial charge in [-0.2, -0.15) is 0 Å². The van der Waals surface area contributed by atoms with Crippen LogP contribution in [0.2, 0.25) is 0 Å². The Morgan fingerprint density at radius 2 is 2.00 bits per heavy atom. The lowest BCUT2D eigenvalue weighted by Crippen LogP contribution is -2.38. The highest BCUT2D eigenvalue weighted by Crippen LogP contribution is 2.39. The number of hydrogen-bond donors (Lipinski definition) is 1. The average molecular weight is 416 g/mol. The van der Waals surface area contributed by atoms with E-state index < -0.39 is 5.97 Å². The summed E-state index contributed by atoms with van der Waals surface area (Å²) in [5, 5.41) is 3.32. The van der Waals surface area contributed by atoms with Gasteiger partial charge >= 0.3 is 5.97 Å². The molecule has 0 spiro atoms. The van der Waals surface area contributed by atoms with Gasteiger partial charge in [-0.3, -0.25) is 4.79 Å². The van der Waals surface area contributed by atoms with Gasteiger partial charge in [0.15, 0.2) is 5.13 Å². The molecular formula is C20H25N5O3S. The molecule has 0 unspecified atom stereocenters. The van der Waals surface area contributed by atoms with Gasteiger partial charge in [0, 0.05) is 36.7 Å². The summed E-state index contributed by atoms with van der Waals surface area (Å²) < 4.78 is 5.03. The van der Waals surface area contributed by atoms with Crippen molar-refractivity contribution in [2.45, 2.75) is 45.4 Å². The number of esters is 1. The van der Waals surface area contributed by atoms with Gasteiger partial charge in [-0.05, 0) is 39.5 Å². The molecule has 3 heterocycles. The molecule has 2 aromatic rings. The summed E-state index contributed by atoms with van der Waals surface area (Å²) in [4.78, 5) is 40.4. The molecule has 154 valence electrons. The van der Waals surface area contributed by atoms with Gasteiger partial charge in [0.1, 0.15) is 17.0 Å². The maximum absolute atomic E-state index is 12.7. The van der Waals surface area contributed by atoms with Crippen molar-refractivity contribution in [2.24, 2.45) is 5.92 Å². The number of ether oxygens (including phenoxy) is 1. The number of nitrogens with one attached hydrogen (secondary N) is 1. The van der Waals surface area contributed by atoms with E-state index in [4.69, 9.17) is 4.74 Å². The first-order valence-corrected chi connectivity index (χ1v) is 10.9. The van der Waals surface area contributed by atoms with E-state index >= 15 is 0 Å². The fourth-order valence-corrected chi connectivity index (χ4v) is 4.41. The minimum Gasteiger partial charge on any atom is -0.462 e. The number of anilines is 2. The Hall–Kier alpha value is -2.55. The van der Waals surface area contributed by atoms with Gasteiger partial charge in [0.05, 0.1) is 12.3 Å². The number of aryl methyl sites for hydroxylation is 1. The molecule has 29 heavy (non-hydrogen) atoms. The number of carbonyl (C=O) groups is 2. The second kappa shape index (κ2) is 8.44. The summed E-state index contributed by atoms with van der Waals surface area (Å²) >= 11 is 1.16. The number of carbonyl (C=O) groups excluding carboxylic acids is 2. The fourth-order valence-electron chi connectivity index (χ4n) is 3.55. The topological polar surface area (TPSA) is 97.3 Å². The van der Waals surface area contributed by atoms with Crippen LogP contribution in [0.15, 0.2) is 12.4 Å². The van der Waals surface area contributed by atoms with Crippen LogP contribution in [0.25, 0.3) is 0 Å². The Morgan fingerprint density at radius 1 is 1.24 bits per heavy atom. The van der Waals surface area contributed by atoms with E-state index in [9.17, 15) is 9.59 Å². The number of nitrogens with zero attached hydrogens (tertiary/aromatic N) is 4. The smallest absolute Gasteiger partial charge is 0.350 e. The predicted molar refractivity (Wildman–Crippen MR) is 110 cm³/mol. The molecule has 1 amide bonds. The van der Waals surface area contributed by atoms with Gasteiger partial charge in [-0.25, -0.2) is 19.7 Å². The summed E-state index contributed by atoms with van der Waals surface area (Å²) in [6.45, 7) is 5.38. The Balaban J connectivity index is 1.33. The molecule has 4 rings (SSSR count). The molecule has 1 saturated heterocycles. The number of rotatable bonds is 6. The predicted octanol–water partition coefficient (Wildman–Crippen LogP) is 3.15. The maximum Gasteiger partial charge on any atom is 0.350 e. The quantitative estimate of drug-likeness (QED) is 0.724. The van der Waals surface area contributed by atoms with Gasteiger partial charge in [0.2, 0.25) is 5.91 Å². The van der Waals surface area contributed by atoms with E-state index in [1.807, 2.05) is 0 Å². The van der Waals surface area contributed by atoms with Gasteiger partial charge in [-0.1, -0.05) is 11.3 Å². The first kappa shape index (κ1) is 19.8. The zero-order chi connectivity index (χ0) is 20.4. The van der Waals surface area contributed by atoms with Crippen LogP contribution in [0, 0.1) is 12.8 Å². The third kappa shape index (κ3) is 4.55. The van der Waals surface area contributed by atoms with E-state index in [1.165, 1.54) is 12.8 Å². The highest BCUT2D eigenvalue weighted by Gasteiger charge is 2.29. The van der Waals surface area contributed by atoms with Crippen molar-refractivity contribution in [2.75, 3.05) is 29.9 Å². The highest BCUT2D eigenvalue weighted by atomic mass is 32.1. The molecule has 1 N–H and O–H groups in total. The van der Waals surface area contributed by atoms with Gasteiger partial charge in [-0.15, -0.1) is 0 Å². The van der Waals surface area contributed by atoms with Gasteiger partial charge < -0.3 is 15.0 Å². The van der Waals surface area contributed by atoms with Crippen LogP contribution in [0.4, 0.5) is 10.9 Å². The van der Waals surface area contributed by atoms with Gasteiger partial charge in [0.25, 0.3) is 0 Å². The van der Waals surface area contributed by atoms with E-state index in [1.54, 1.807) is 20.2 Å². The van der Waals surface area contributed by atoms with Crippen molar-refractivity contribution in [1.29, 1.82) is 0 Å². The van der Waals surface area contributed by atoms with E-state index in [2.05, 4.69) is 31.2 Å². The monoisotopic (exact) mass is 415 g/mol. The number of hydrogen-bond acceptors (Lipinski definition) is 8. The third-order valence-corrected chi connectivity index (χ3v) is 6.40. The molecule has 2 fully saturated rings. The van der Waals surface area contributed by atoms with Crippen LogP contribution in [0.1, 0.15) is 59.6 Å². The number of piperidine rings is 1. The van der Waals surface area contributed by atoms with Crippen molar-refractivity contribution < 1.29 is 14.3 Å². The number of amides is 1.